The van der Waals surface area contributed by atoms with Crippen LogP contribution in [0.15, 0.2) is 23.1 Å². The molecule has 0 aliphatic carbocycles. The van der Waals surface area contributed by atoms with Crippen molar-refractivity contribution in [3.8, 4) is 0 Å². The van der Waals surface area contributed by atoms with Gasteiger partial charge >= 0.3 is 0 Å². The number of fused-ring (bicyclic) bond motifs is 1. The Morgan fingerprint density at radius 3 is 2.65 bits per heavy atom. The minimum absolute atomic E-state index is 0.205. The van der Waals surface area contributed by atoms with Gasteiger partial charge in [0, 0.05) is 38.4 Å². The first-order valence-corrected chi connectivity index (χ1v) is 9.79. The number of benzene rings is 1. The van der Waals surface area contributed by atoms with Crippen LogP contribution < -0.4 is 10.0 Å². The van der Waals surface area contributed by atoms with Crippen LogP contribution in [0, 0.1) is 0 Å². The van der Waals surface area contributed by atoms with Crippen LogP contribution in [0.3, 0.4) is 0 Å². The monoisotopic (exact) mass is 339 g/mol. The average molecular weight is 339 g/mol. The maximum atomic E-state index is 11.6. The molecule has 0 spiro atoms. The summed E-state index contributed by atoms with van der Waals surface area (Å²) in [5.41, 5.74) is 2.25. The Morgan fingerprint density at radius 1 is 1.13 bits per heavy atom. The highest BCUT2D eigenvalue weighted by atomic mass is 32.2. The van der Waals surface area contributed by atoms with Gasteiger partial charge in [0.15, 0.2) is 0 Å². The Bertz CT molecular complexity index is 642. The zero-order valence-corrected chi connectivity index (χ0v) is 14.2. The molecular weight excluding hydrogens is 314 g/mol. The third kappa shape index (κ3) is 4.23. The first kappa shape index (κ1) is 16.7. The number of rotatable bonds is 5. The second kappa shape index (κ2) is 7.17. The van der Waals surface area contributed by atoms with E-state index in [2.05, 4.69) is 9.80 Å². The molecule has 0 bridgehead atoms. The lowest BCUT2D eigenvalue weighted by Crippen LogP contribution is -2.38. The number of nitrogens with two attached hydrogens (primary N) is 1. The quantitative estimate of drug-likeness (QED) is 0.859. The van der Waals surface area contributed by atoms with E-state index in [1.807, 2.05) is 6.07 Å². The molecule has 0 amide bonds. The van der Waals surface area contributed by atoms with Gasteiger partial charge in [-0.2, -0.15) is 0 Å². The zero-order chi connectivity index (χ0) is 16.3. The minimum atomic E-state index is -3.65. The highest BCUT2D eigenvalue weighted by molar-refractivity contribution is 7.89. The van der Waals surface area contributed by atoms with Crippen molar-refractivity contribution in [1.29, 1.82) is 0 Å². The van der Waals surface area contributed by atoms with Crippen LogP contribution in [-0.4, -0.2) is 59.3 Å². The number of primary sulfonamides is 1. The van der Waals surface area contributed by atoms with Gasteiger partial charge in [-0.25, -0.2) is 13.6 Å². The fraction of sp³-hybridized carbons (Fsp3) is 0.625. The Labute approximate surface area is 138 Å². The molecule has 1 aromatic rings. The Morgan fingerprint density at radius 2 is 1.91 bits per heavy atom. The molecule has 0 atom stereocenters. The molecule has 3 rings (SSSR count). The highest BCUT2D eigenvalue weighted by Crippen LogP contribution is 2.29. The summed E-state index contributed by atoms with van der Waals surface area (Å²) >= 11 is 0. The van der Waals surface area contributed by atoms with Crippen molar-refractivity contribution < 1.29 is 13.2 Å². The van der Waals surface area contributed by atoms with Crippen LogP contribution in [0.2, 0.25) is 0 Å². The molecule has 1 aromatic carbocycles. The number of morpholine rings is 1. The summed E-state index contributed by atoms with van der Waals surface area (Å²) in [6.07, 6.45) is 3.18. The molecule has 128 valence electrons. The van der Waals surface area contributed by atoms with Crippen LogP contribution in [0.1, 0.15) is 18.4 Å². The van der Waals surface area contributed by atoms with E-state index >= 15 is 0 Å². The van der Waals surface area contributed by atoms with Gasteiger partial charge < -0.3 is 9.64 Å². The maximum absolute atomic E-state index is 11.6. The fourth-order valence-corrected chi connectivity index (χ4v) is 3.88. The zero-order valence-electron chi connectivity index (χ0n) is 13.4. The number of nitrogens with zero attached hydrogens (tertiary/aromatic N) is 2. The molecule has 7 heteroatoms. The van der Waals surface area contributed by atoms with Crippen molar-refractivity contribution in [2.75, 3.05) is 50.8 Å². The van der Waals surface area contributed by atoms with Gasteiger partial charge in [0.25, 0.3) is 0 Å². The summed E-state index contributed by atoms with van der Waals surface area (Å²) < 4.78 is 28.5. The van der Waals surface area contributed by atoms with E-state index in [-0.39, 0.29) is 4.90 Å². The number of hydrogen-bond acceptors (Lipinski definition) is 5. The Balaban J connectivity index is 1.65. The van der Waals surface area contributed by atoms with Crippen molar-refractivity contribution in [1.82, 2.24) is 4.90 Å². The van der Waals surface area contributed by atoms with E-state index in [4.69, 9.17) is 9.88 Å². The third-order valence-corrected chi connectivity index (χ3v) is 5.52. The van der Waals surface area contributed by atoms with Gasteiger partial charge in [-0.15, -0.1) is 0 Å². The fourth-order valence-electron chi connectivity index (χ4n) is 3.35. The van der Waals surface area contributed by atoms with Crippen molar-refractivity contribution in [3.63, 3.8) is 0 Å². The van der Waals surface area contributed by atoms with Crippen LogP contribution in [0.4, 0.5) is 5.69 Å². The van der Waals surface area contributed by atoms with Gasteiger partial charge in [-0.05, 0) is 37.0 Å². The first-order valence-electron chi connectivity index (χ1n) is 8.25. The van der Waals surface area contributed by atoms with Gasteiger partial charge in [0.1, 0.15) is 0 Å². The standard InChI is InChI=1S/C16H25N3O3S/c17-23(20,21)15-5-4-14-3-1-7-19(16(14)13-15)8-2-6-18-9-11-22-12-10-18/h4-5,13H,1-3,6-12H2,(H2,17,20,21). The lowest BCUT2D eigenvalue weighted by atomic mass is 10.0. The van der Waals surface area contributed by atoms with E-state index < -0.39 is 10.0 Å². The predicted octanol–water partition coefficient (Wildman–Crippen LogP) is 0.809. The van der Waals surface area contributed by atoms with Crippen LogP contribution in [0.25, 0.3) is 0 Å². The summed E-state index contributed by atoms with van der Waals surface area (Å²) in [6, 6.07) is 5.26. The number of hydrogen-bond donors (Lipinski definition) is 1. The molecular formula is C16H25N3O3S. The van der Waals surface area contributed by atoms with E-state index in [0.717, 1.165) is 70.9 Å². The predicted molar refractivity (Wildman–Crippen MR) is 90.2 cm³/mol. The van der Waals surface area contributed by atoms with Crippen LogP contribution in [-0.2, 0) is 21.2 Å². The van der Waals surface area contributed by atoms with Crippen LogP contribution >= 0.6 is 0 Å². The summed E-state index contributed by atoms with van der Waals surface area (Å²) in [5, 5.41) is 5.27. The largest absolute Gasteiger partial charge is 0.379 e. The molecule has 0 unspecified atom stereocenters. The Hall–Kier alpha value is -1.15. The summed E-state index contributed by atoms with van der Waals surface area (Å²) in [6.45, 7) is 6.64. The molecule has 2 heterocycles. The lowest BCUT2D eigenvalue weighted by molar-refractivity contribution is 0.0376. The second-order valence-corrected chi connectivity index (χ2v) is 7.80. The molecule has 0 saturated carbocycles. The average Bonchev–Trinajstić information content (AvgIpc) is 2.55. The highest BCUT2D eigenvalue weighted by Gasteiger charge is 2.20. The van der Waals surface area contributed by atoms with Gasteiger partial charge in [0.2, 0.25) is 10.0 Å². The molecule has 0 radical (unpaired) electrons. The SMILES string of the molecule is NS(=O)(=O)c1ccc2c(c1)N(CCCN1CCOCC1)CCC2. The van der Waals surface area contributed by atoms with Gasteiger partial charge in [0.05, 0.1) is 18.1 Å². The molecule has 23 heavy (non-hydrogen) atoms. The Kier molecular flexibility index (Phi) is 5.21. The van der Waals surface area contributed by atoms with E-state index in [1.165, 1.54) is 5.56 Å². The number of aryl methyl sites for hydroxylation is 1. The van der Waals surface area contributed by atoms with Gasteiger partial charge in [-0.3, -0.25) is 4.90 Å². The normalized spacial score (nSPS) is 19.6. The van der Waals surface area contributed by atoms with Crippen molar-refractivity contribution in [3.05, 3.63) is 23.8 Å². The summed E-state index contributed by atoms with van der Waals surface area (Å²) in [5.74, 6) is 0. The van der Waals surface area contributed by atoms with Crippen molar-refractivity contribution in [2.24, 2.45) is 5.14 Å². The minimum Gasteiger partial charge on any atom is -0.379 e. The van der Waals surface area contributed by atoms with Gasteiger partial charge in [-0.1, -0.05) is 6.07 Å². The topological polar surface area (TPSA) is 75.9 Å². The molecule has 6 nitrogen and oxygen atoms in total. The molecule has 2 N–H and O–H groups in total. The number of sulfonamides is 1. The number of anilines is 1. The van der Waals surface area contributed by atoms with Crippen LogP contribution in [0.5, 0.6) is 0 Å². The summed E-state index contributed by atoms with van der Waals surface area (Å²) in [7, 11) is -3.65. The smallest absolute Gasteiger partial charge is 0.238 e. The molecule has 0 aromatic heterocycles. The molecule has 2 aliphatic rings. The first-order chi connectivity index (χ1) is 11.0. The van der Waals surface area contributed by atoms with Crippen molar-refractivity contribution in [2.45, 2.75) is 24.2 Å². The van der Waals surface area contributed by atoms with Crippen molar-refractivity contribution >= 4 is 15.7 Å². The second-order valence-electron chi connectivity index (χ2n) is 6.23. The number of ether oxygens (including phenoxy) is 1. The third-order valence-electron chi connectivity index (χ3n) is 4.61. The molecule has 1 saturated heterocycles. The van der Waals surface area contributed by atoms with E-state index in [0.29, 0.717) is 0 Å². The van der Waals surface area contributed by atoms with E-state index in [9.17, 15) is 8.42 Å². The molecule has 1 fully saturated rings. The maximum Gasteiger partial charge on any atom is 0.238 e. The lowest BCUT2D eigenvalue weighted by Gasteiger charge is -2.33. The van der Waals surface area contributed by atoms with E-state index in [1.54, 1.807) is 12.1 Å². The summed E-state index contributed by atoms with van der Waals surface area (Å²) in [4.78, 5) is 4.93. The molecule has 2 aliphatic heterocycles.